The highest BCUT2D eigenvalue weighted by molar-refractivity contribution is 6.31. The van der Waals surface area contributed by atoms with E-state index in [1.54, 1.807) is 36.4 Å². The minimum Gasteiger partial charge on any atom is -0.478 e. The Labute approximate surface area is 164 Å². The Morgan fingerprint density at radius 3 is 2.44 bits per heavy atom. The fourth-order valence-corrected chi connectivity index (χ4v) is 2.85. The molecule has 0 atom stereocenters. The van der Waals surface area contributed by atoms with Crippen LogP contribution in [0.15, 0.2) is 42.5 Å². The minimum atomic E-state index is -1.04. The average molecular weight is 390 g/mol. The van der Waals surface area contributed by atoms with Crippen molar-refractivity contribution in [2.24, 2.45) is 0 Å². The third-order valence-electron chi connectivity index (χ3n) is 4.11. The Kier molecular flexibility index (Phi) is 7.21. The third-order valence-corrected chi connectivity index (χ3v) is 4.35. The van der Waals surface area contributed by atoms with Crippen molar-refractivity contribution in [1.29, 1.82) is 0 Å². The van der Waals surface area contributed by atoms with Crippen LogP contribution in [0.4, 0.5) is 11.4 Å². The third kappa shape index (κ3) is 5.70. The molecular weight excluding hydrogens is 366 g/mol. The van der Waals surface area contributed by atoms with Gasteiger partial charge in [-0.2, -0.15) is 0 Å². The molecule has 0 spiro atoms. The predicted octanol–water partition coefficient (Wildman–Crippen LogP) is 3.68. The van der Waals surface area contributed by atoms with E-state index in [4.69, 9.17) is 11.6 Å². The van der Waals surface area contributed by atoms with Gasteiger partial charge in [-0.3, -0.25) is 4.79 Å². The maximum atomic E-state index is 12.4. The number of aromatic carboxylic acids is 1. The van der Waals surface area contributed by atoms with Crippen molar-refractivity contribution in [3.05, 3.63) is 58.6 Å². The number of nitrogens with one attached hydrogen (secondary N) is 1. The molecule has 0 aliphatic heterocycles. The maximum Gasteiger partial charge on any atom is 0.337 e. The van der Waals surface area contributed by atoms with Crippen molar-refractivity contribution in [2.75, 3.05) is 43.9 Å². The Morgan fingerprint density at radius 2 is 1.85 bits per heavy atom. The van der Waals surface area contributed by atoms with E-state index < -0.39 is 5.97 Å². The molecule has 0 saturated heterocycles. The first kappa shape index (κ1) is 20.7. The van der Waals surface area contributed by atoms with E-state index >= 15 is 0 Å². The van der Waals surface area contributed by atoms with Gasteiger partial charge >= 0.3 is 5.97 Å². The normalized spacial score (nSPS) is 10.7. The molecule has 2 N–H and O–H groups in total. The summed E-state index contributed by atoms with van der Waals surface area (Å²) < 4.78 is 0. The van der Waals surface area contributed by atoms with Crippen LogP contribution in [0.25, 0.3) is 0 Å². The van der Waals surface area contributed by atoms with Gasteiger partial charge < -0.3 is 20.2 Å². The Morgan fingerprint density at radius 1 is 1.11 bits per heavy atom. The van der Waals surface area contributed by atoms with Crippen molar-refractivity contribution >= 4 is 34.9 Å². The second-order valence-corrected chi connectivity index (χ2v) is 6.82. The molecule has 2 aromatic carbocycles. The van der Waals surface area contributed by atoms with Crippen LogP contribution in [0.2, 0.25) is 5.02 Å². The van der Waals surface area contributed by atoms with Crippen LogP contribution < -0.4 is 10.2 Å². The van der Waals surface area contributed by atoms with E-state index in [1.165, 1.54) is 6.07 Å². The first-order valence-corrected chi connectivity index (χ1v) is 9.03. The number of nitrogens with zero attached hydrogens (tertiary/aromatic N) is 2. The van der Waals surface area contributed by atoms with E-state index in [-0.39, 0.29) is 11.5 Å². The lowest BCUT2D eigenvalue weighted by molar-refractivity contribution is 0.0697. The second-order valence-electron chi connectivity index (χ2n) is 6.38. The van der Waals surface area contributed by atoms with Crippen molar-refractivity contribution in [1.82, 2.24) is 4.90 Å². The smallest absolute Gasteiger partial charge is 0.337 e. The summed E-state index contributed by atoms with van der Waals surface area (Å²) in [6, 6.07) is 11.5. The standard InChI is InChI=1S/C20H24ClN3O3/c1-4-24(11-10-23(2)3)18-9-8-16(13-17(18)20(26)27)22-19(25)14-6-5-7-15(21)12-14/h5-9,12-13H,4,10-11H2,1-3H3,(H,22,25)(H,26,27). The van der Waals surface area contributed by atoms with Crippen LogP contribution in [0, 0.1) is 0 Å². The molecule has 0 aliphatic rings. The summed E-state index contributed by atoms with van der Waals surface area (Å²) in [6.45, 7) is 4.18. The number of carboxylic acid groups (broad SMARTS) is 1. The zero-order valence-electron chi connectivity index (χ0n) is 15.7. The van der Waals surface area contributed by atoms with Crippen molar-refractivity contribution in [3.63, 3.8) is 0 Å². The van der Waals surface area contributed by atoms with Gasteiger partial charge in [0.1, 0.15) is 0 Å². The van der Waals surface area contributed by atoms with Crippen LogP contribution in [0.5, 0.6) is 0 Å². The largest absolute Gasteiger partial charge is 0.478 e. The molecular formula is C20H24ClN3O3. The summed E-state index contributed by atoms with van der Waals surface area (Å²) in [5.41, 5.74) is 1.61. The van der Waals surface area contributed by atoms with E-state index in [2.05, 4.69) is 5.32 Å². The molecule has 2 rings (SSSR count). The highest BCUT2D eigenvalue weighted by Gasteiger charge is 2.17. The molecule has 6 nitrogen and oxygen atoms in total. The van der Waals surface area contributed by atoms with E-state index in [0.29, 0.717) is 35.1 Å². The van der Waals surface area contributed by atoms with Crippen LogP contribution in [-0.2, 0) is 0 Å². The lowest BCUT2D eigenvalue weighted by Gasteiger charge is -2.26. The van der Waals surface area contributed by atoms with Gasteiger partial charge in [0, 0.05) is 35.9 Å². The summed E-state index contributed by atoms with van der Waals surface area (Å²) in [4.78, 5) is 28.2. The molecule has 0 heterocycles. The summed E-state index contributed by atoms with van der Waals surface area (Å²) >= 11 is 5.92. The molecule has 1 amide bonds. The Bertz CT molecular complexity index is 824. The SMILES string of the molecule is CCN(CCN(C)C)c1ccc(NC(=O)c2cccc(Cl)c2)cc1C(=O)O. The highest BCUT2D eigenvalue weighted by atomic mass is 35.5. The Balaban J connectivity index is 2.26. The topological polar surface area (TPSA) is 72.9 Å². The number of anilines is 2. The summed E-state index contributed by atoms with van der Waals surface area (Å²) in [5, 5.41) is 12.8. The molecule has 0 aliphatic carbocycles. The van der Waals surface area contributed by atoms with Crippen molar-refractivity contribution in [2.45, 2.75) is 6.92 Å². The molecule has 0 radical (unpaired) electrons. The van der Waals surface area contributed by atoms with Gasteiger partial charge in [0.15, 0.2) is 0 Å². The number of amides is 1. The number of likely N-dealkylation sites (N-methyl/N-ethyl adjacent to an activating group) is 2. The number of hydrogen-bond donors (Lipinski definition) is 2. The zero-order valence-corrected chi connectivity index (χ0v) is 16.5. The second kappa shape index (κ2) is 9.39. The lowest BCUT2D eigenvalue weighted by atomic mass is 10.1. The molecule has 0 bridgehead atoms. The van der Waals surface area contributed by atoms with Gasteiger partial charge in [-0.25, -0.2) is 4.79 Å². The van der Waals surface area contributed by atoms with E-state index in [9.17, 15) is 14.7 Å². The molecule has 144 valence electrons. The zero-order chi connectivity index (χ0) is 20.0. The lowest BCUT2D eigenvalue weighted by Crippen LogP contribution is -2.32. The van der Waals surface area contributed by atoms with Crippen LogP contribution >= 0.6 is 11.6 Å². The van der Waals surface area contributed by atoms with Crippen LogP contribution in [0.3, 0.4) is 0 Å². The summed E-state index contributed by atoms with van der Waals surface area (Å²) in [5.74, 6) is -1.38. The molecule has 27 heavy (non-hydrogen) atoms. The Hall–Kier alpha value is -2.57. The molecule has 7 heteroatoms. The van der Waals surface area contributed by atoms with Gasteiger partial charge in [0.25, 0.3) is 5.91 Å². The molecule has 0 fully saturated rings. The number of hydrogen-bond acceptors (Lipinski definition) is 4. The first-order chi connectivity index (χ1) is 12.8. The van der Waals surface area contributed by atoms with Gasteiger partial charge in [-0.15, -0.1) is 0 Å². The molecule has 0 unspecified atom stereocenters. The van der Waals surface area contributed by atoms with Crippen molar-refractivity contribution < 1.29 is 14.7 Å². The predicted molar refractivity (Wildman–Crippen MR) is 109 cm³/mol. The van der Waals surface area contributed by atoms with Crippen LogP contribution in [-0.4, -0.2) is 55.6 Å². The number of rotatable bonds is 8. The first-order valence-electron chi connectivity index (χ1n) is 8.65. The fraction of sp³-hybridized carbons (Fsp3) is 0.300. The quantitative estimate of drug-likeness (QED) is 0.720. The van der Waals surface area contributed by atoms with Gasteiger partial charge in [0.05, 0.1) is 11.3 Å². The van der Waals surface area contributed by atoms with E-state index in [0.717, 1.165) is 6.54 Å². The van der Waals surface area contributed by atoms with Gasteiger partial charge in [-0.05, 0) is 57.4 Å². The molecule has 0 aromatic heterocycles. The van der Waals surface area contributed by atoms with E-state index in [1.807, 2.05) is 30.8 Å². The minimum absolute atomic E-state index is 0.152. The van der Waals surface area contributed by atoms with Gasteiger partial charge in [0.2, 0.25) is 0 Å². The summed E-state index contributed by atoms with van der Waals surface area (Å²) in [7, 11) is 3.95. The van der Waals surface area contributed by atoms with Crippen molar-refractivity contribution in [3.8, 4) is 0 Å². The number of carbonyl (C=O) groups is 2. The number of carboxylic acids is 1. The molecule has 0 saturated carbocycles. The number of halogens is 1. The maximum absolute atomic E-state index is 12.4. The fourth-order valence-electron chi connectivity index (χ4n) is 2.66. The number of carbonyl (C=O) groups excluding carboxylic acids is 1. The molecule has 2 aromatic rings. The number of benzene rings is 2. The highest BCUT2D eigenvalue weighted by Crippen LogP contribution is 2.25. The van der Waals surface area contributed by atoms with Gasteiger partial charge in [-0.1, -0.05) is 17.7 Å². The summed E-state index contributed by atoms with van der Waals surface area (Å²) in [6.07, 6.45) is 0. The van der Waals surface area contributed by atoms with Crippen LogP contribution in [0.1, 0.15) is 27.6 Å². The average Bonchev–Trinajstić information content (AvgIpc) is 2.62. The monoisotopic (exact) mass is 389 g/mol.